The van der Waals surface area contributed by atoms with Crippen LogP contribution in [0.2, 0.25) is 0 Å². The van der Waals surface area contributed by atoms with Crippen molar-refractivity contribution in [3.63, 3.8) is 0 Å². The van der Waals surface area contributed by atoms with Gasteiger partial charge in [-0.05, 0) is 54.6 Å². The van der Waals surface area contributed by atoms with E-state index in [2.05, 4.69) is 0 Å². The van der Waals surface area contributed by atoms with Crippen LogP contribution < -0.4 is 32.3 Å². The fourth-order valence-electron chi connectivity index (χ4n) is 8.56. The lowest BCUT2D eigenvalue weighted by Crippen LogP contribution is -2.72. The summed E-state index contributed by atoms with van der Waals surface area (Å²) >= 11 is 0. The average molecular weight is 1040 g/mol. The van der Waals surface area contributed by atoms with Crippen LogP contribution in [0.1, 0.15) is 22.3 Å². The number of halogens is 21. The molecule has 0 bridgehead atoms. The number of rotatable bonds is 9. The van der Waals surface area contributed by atoms with Crippen molar-refractivity contribution in [2.24, 2.45) is 0 Å². The zero-order chi connectivity index (χ0) is 52.4. The first-order valence-electron chi connectivity index (χ1n) is 19.5. The number of benzene rings is 7. The molecule has 0 aliphatic carbocycles. The lowest BCUT2D eigenvalue weighted by Gasteiger charge is -2.43. The maximum absolute atomic E-state index is 17.0. The van der Waals surface area contributed by atoms with Gasteiger partial charge < -0.3 is 0 Å². The van der Waals surface area contributed by atoms with E-state index >= 15 is 65.9 Å². The number of alkyl halides is 6. The summed E-state index contributed by atoms with van der Waals surface area (Å²) in [7, 11) is -5.76. The summed E-state index contributed by atoms with van der Waals surface area (Å²) in [5.41, 5.74) is -15.4. The van der Waals surface area contributed by atoms with Crippen LogP contribution in [0.25, 0.3) is 5.31 Å². The molecule has 71 heavy (non-hydrogen) atoms. The Labute approximate surface area is 385 Å². The van der Waals surface area contributed by atoms with Crippen LogP contribution >= 0.6 is 7.26 Å². The average Bonchev–Trinajstić information content (AvgIpc) is 3.35. The molecule has 7 rings (SSSR count). The van der Waals surface area contributed by atoms with Gasteiger partial charge in [-0.15, -0.1) is 22.8 Å². The second-order valence-electron chi connectivity index (χ2n) is 15.2. The molecule has 0 aliphatic rings. The van der Waals surface area contributed by atoms with Gasteiger partial charge in [0.1, 0.15) is 64.2 Å². The van der Waals surface area contributed by atoms with Crippen molar-refractivity contribution in [2.75, 3.05) is 0 Å². The van der Waals surface area contributed by atoms with Gasteiger partial charge in [0, 0.05) is 11.1 Å². The van der Waals surface area contributed by atoms with E-state index < -0.39 is 179 Å². The molecule has 23 heteroatoms. The summed E-state index contributed by atoms with van der Waals surface area (Å²) in [6.45, 7) is 0. The highest BCUT2D eigenvalue weighted by Gasteiger charge is 2.57. The minimum Gasteiger partial charge on any atom is -0.207 e. The summed E-state index contributed by atoms with van der Waals surface area (Å²) < 4.78 is 333. The van der Waals surface area contributed by atoms with Gasteiger partial charge >= 0.3 is 12.4 Å². The largest absolute Gasteiger partial charge is 0.420 e. The standard InChI is InChI=1S/C48H19BF21P/c1-2-21-11-9-10-16-25(21)28(71(23-12-5-3-6-13-23,24-14-7-4-8-15-24)27-19-22(47(65,66)67)17-18-26(27)48(68,69)70)20-49(29-32(50)38(56)44(62)39(57)33(29)51,30-34(52)40(58)45(63)41(59)35(30)53)31-36(54)42(60)46(64)43(61)37(31)55/h1,3-20H/b28-20+. The van der Waals surface area contributed by atoms with E-state index in [9.17, 15) is 26.3 Å². The van der Waals surface area contributed by atoms with E-state index in [4.69, 9.17) is 6.42 Å². The third-order valence-electron chi connectivity index (χ3n) is 11.5. The quantitative estimate of drug-likeness (QED) is 0.0338. The molecular formula is C48H19BF21P. The summed E-state index contributed by atoms with van der Waals surface area (Å²) in [5, 5.41) is -4.71. The van der Waals surface area contributed by atoms with E-state index in [-0.39, 0.29) is 18.2 Å². The van der Waals surface area contributed by atoms with Crippen LogP contribution in [0.15, 0.2) is 109 Å². The first kappa shape index (κ1) is 51.7. The Morgan fingerprint density at radius 3 is 1.10 bits per heavy atom. The minimum absolute atomic E-state index is 0.0948. The monoisotopic (exact) mass is 1040 g/mol. The van der Waals surface area contributed by atoms with Crippen molar-refractivity contribution < 1.29 is 92.2 Å². The zero-order valence-corrected chi connectivity index (χ0v) is 35.3. The van der Waals surface area contributed by atoms with Gasteiger partial charge in [0.25, 0.3) is 0 Å². The highest BCUT2D eigenvalue weighted by molar-refractivity contribution is 8.03. The molecule has 0 radical (unpaired) electrons. The summed E-state index contributed by atoms with van der Waals surface area (Å²) in [4.78, 5) is 0. The highest BCUT2D eigenvalue weighted by atomic mass is 31.2. The normalized spacial score (nSPS) is 12.6. The fourth-order valence-corrected chi connectivity index (χ4v) is 13.4. The van der Waals surface area contributed by atoms with Gasteiger partial charge in [0.2, 0.25) is 0 Å². The number of terminal acetylenes is 1. The SMILES string of the molecule is C#Cc1ccccc1/C(=C\[B-](c1c(F)c(F)c(F)c(F)c1F)(c1c(F)c(F)c(F)c(F)c1F)c1c(F)c(F)c(F)c(F)c1F)[P+](c1ccccc1)(c1ccccc1)c1cc(C(F)(F)F)ccc1C(F)(F)F. The summed E-state index contributed by atoms with van der Waals surface area (Å²) in [6, 6.07) is 12.5. The van der Waals surface area contributed by atoms with Gasteiger partial charge in [-0.3, -0.25) is 0 Å². The van der Waals surface area contributed by atoms with E-state index in [0.29, 0.717) is 6.07 Å². The van der Waals surface area contributed by atoms with Crippen molar-refractivity contribution in [1.29, 1.82) is 0 Å². The Morgan fingerprint density at radius 1 is 0.423 bits per heavy atom. The van der Waals surface area contributed by atoms with Gasteiger partial charge in [0.05, 0.1) is 16.4 Å². The van der Waals surface area contributed by atoms with Crippen LogP contribution in [-0.4, -0.2) is 6.15 Å². The predicted octanol–water partition coefficient (Wildman–Crippen LogP) is 11.8. The molecule has 0 spiro atoms. The van der Waals surface area contributed by atoms with Crippen molar-refractivity contribution in [1.82, 2.24) is 0 Å². The maximum Gasteiger partial charge on any atom is 0.420 e. The molecule has 0 fully saturated rings. The topological polar surface area (TPSA) is 0 Å². The molecule has 366 valence electrons. The third-order valence-corrected chi connectivity index (χ3v) is 15.9. The summed E-state index contributed by atoms with van der Waals surface area (Å²) in [6.07, 6.45) is -12.5. The Morgan fingerprint density at radius 2 is 0.761 bits per heavy atom. The van der Waals surface area contributed by atoms with Crippen LogP contribution in [-0.2, 0) is 12.4 Å². The van der Waals surface area contributed by atoms with Crippen LogP contribution in [0, 0.1) is 99.6 Å². The van der Waals surface area contributed by atoms with Crippen LogP contribution in [0.5, 0.6) is 0 Å². The van der Waals surface area contributed by atoms with Gasteiger partial charge in [-0.2, -0.15) is 32.3 Å². The molecule has 0 nitrogen and oxygen atoms in total. The maximum atomic E-state index is 17.0. The number of hydrogen-bond acceptors (Lipinski definition) is 0. The van der Waals surface area contributed by atoms with Crippen molar-refractivity contribution in [3.8, 4) is 12.3 Å². The van der Waals surface area contributed by atoms with Crippen molar-refractivity contribution in [3.05, 3.63) is 219 Å². The van der Waals surface area contributed by atoms with Crippen molar-refractivity contribution >= 4 is 51.0 Å². The smallest absolute Gasteiger partial charge is 0.207 e. The van der Waals surface area contributed by atoms with Crippen LogP contribution in [0.3, 0.4) is 0 Å². The molecule has 0 aliphatic heterocycles. The summed E-state index contributed by atoms with van der Waals surface area (Å²) in [5.74, 6) is -49.3. The molecule has 0 N–H and O–H groups in total. The molecule has 0 amide bonds. The van der Waals surface area contributed by atoms with Crippen LogP contribution in [0.4, 0.5) is 92.2 Å². The fraction of sp³-hybridized carbons (Fsp3) is 0.0417. The molecular weight excluding hydrogens is 1020 g/mol. The van der Waals surface area contributed by atoms with E-state index in [0.717, 1.165) is 78.9 Å². The minimum atomic E-state index is -6.76. The lowest BCUT2D eigenvalue weighted by atomic mass is 9.15. The second-order valence-corrected chi connectivity index (χ2v) is 18.5. The first-order valence-corrected chi connectivity index (χ1v) is 21.3. The van der Waals surface area contributed by atoms with Crippen molar-refractivity contribution in [2.45, 2.75) is 12.4 Å². The van der Waals surface area contributed by atoms with E-state index in [1.165, 1.54) is 0 Å². The molecule has 0 saturated heterocycles. The molecule has 0 heterocycles. The van der Waals surface area contributed by atoms with Gasteiger partial charge in [-0.25, -0.2) is 65.9 Å². The zero-order valence-electron chi connectivity index (χ0n) is 34.4. The third kappa shape index (κ3) is 8.07. The van der Waals surface area contributed by atoms with Gasteiger partial charge in [0.15, 0.2) is 52.4 Å². The molecule has 7 aromatic carbocycles. The second kappa shape index (κ2) is 18.6. The Balaban J connectivity index is 2.05. The Bertz CT molecular complexity index is 3070. The number of hydrogen-bond donors (Lipinski definition) is 0. The molecule has 0 saturated carbocycles. The Kier molecular flexibility index (Phi) is 13.5. The highest BCUT2D eigenvalue weighted by Crippen LogP contribution is 2.68. The first-order chi connectivity index (χ1) is 33.2. The Hall–Kier alpha value is -7.14. The lowest BCUT2D eigenvalue weighted by molar-refractivity contribution is -0.140. The predicted molar refractivity (Wildman–Crippen MR) is 221 cm³/mol. The molecule has 0 atom stereocenters. The van der Waals surface area contributed by atoms with Gasteiger partial charge in [-0.1, -0.05) is 54.5 Å². The van der Waals surface area contributed by atoms with E-state index in [1.54, 1.807) is 0 Å². The molecule has 0 aromatic heterocycles. The van der Waals surface area contributed by atoms with E-state index in [1.807, 2.05) is 5.92 Å². The molecule has 0 unspecified atom stereocenters. The molecule has 7 aromatic rings.